The molecule has 2 aromatic rings. The number of aromatic hydroxyl groups is 1. The van der Waals surface area contributed by atoms with Crippen molar-refractivity contribution < 1.29 is 14.6 Å². The van der Waals surface area contributed by atoms with Crippen molar-refractivity contribution in [3.8, 4) is 11.5 Å². The Hall–Kier alpha value is -2.53. The molecular weight excluding hydrogens is 412 g/mol. The zero-order valence-electron chi connectivity index (χ0n) is 19.5. The minimum Gasteiger partial charge on any atom is -0.508 e. The van der Waals surface area contributed by atoms with Crippen LogP contribution in [0.15, 0.2) is 42.5 Å². The Bertz CT molecular complexity index is 952. The topological polar surface area (TPSA) is 61.8 Å². The maximum Gasteiger partial charge on any atom is 0.224 e. The molecule has 5 rings (SSSR count). The lowest BCUT2D eigenvalue weighted by Gasteiger charge is -2.37. The second-order valence-electron chi connectivity index (χ2n) is 10.2. The number of rotatable bonds is 7. The molecule has 2 aromatic carbocycles. The van der Waals surface area contributed by atoms with Gasteiger partial charge < -0.3 is 15.2 Å². The van der Waals surface area contributed by atoms with Crippen LogP contribution in [0.1, 0.15) is 55.2 Å². The number of piperidine rings is 1. The Labute approximate surface area is 197 Å². The number of phenolic OH excluding ortho intramolecular Hbond substituents is 1. The highest BCUT2D eigenvalue weighted by Gasteiger charge is 2.33. The van der Waals surface area contributed by atoms with Crippen molar-refractivity contribution in [3.05, 3.63) is 59.2 Å². The van der Waals surface area contributed by atoms with Crippen LogP contribution in [-0.2, 0) is 24.2 Å². The quantitative estimate of drug-likeness (QED) is 0.657. The standard InChI is InChI=1S/C28H36N2O3/c31-26-11-8-20(9-12-26)16-30-17-21(14-24(18-30)28(32)29-25-6-1-2-7-25)19-33-27-13-10-22-4-3-5-23(22)15-27/h8-13,15,21,24-25,31H,1-7,14,16-19H2,(H,29,32)/t21-,24+/m0/s1. The van der Waals surface area contributed by atoms with Crippen molar-refractivity contribution in [1.29, 1.82) is 0 Å². The fraction of sp³-hybridized carbons (Fsp3) is 0.536. The predicted octanol–water partition coefficient (Wildman–Crippen LogP) is 4.46. The lowest BCUT2D eigenvalue weighted by Crippen LogP contribution is -2.48. The summed E-state index contributed by atoms with van der Waals surface area (Å²) in [5.74, 6) is 1.75. The maximum absolute atomic E-state index is 13.1. The summed E-state index contributed by atoms with van der Waals surface area (Å²) in [4.78, 5) is 15.5. The molecule has 0 radical (unpaired) electrons. The summed E-state index contributed by atoms with van der Waals surface area (Å²) in [5.41, 5.74) is 4.05. The first kappa shape index (κ1) is 22.3. The number of benzene rings is 2. The lowest BCUT2D eigenvalue weighted by atomic mass is 9.88. The van der Waals surface area contributed by atoms with E-state index in [1.807, 2.05) is 12.1 Å². The molecule has 1 saturated carbocycles. The molecule has 2 N–H and O–H groups in total. The van der Waals surface area contributed by atoms with Gasteiger partial charge in [-0.3, -0.25) is 9.69 Å². The number of nitrogens with one attached hydrogen (secondary N) is 1. The summed E-state index contributed by atoms with van der Waals surface area (Å²) in [5, 5.41) is 12.9. The third-order valence-electron chi connectivity index (χ3n) is 7.58. The second-order valence-corrected chi connectivity index (χ2v) is 10.2. The molecule has 2 atom stereocenters. The van der Waals surface area contributed by atoms with Gasteiger partial charge in [0.1, 0.15) is 11.5 Å². The van der Waals surface area contributed by atoms with E-state index < -0.39 is 0 Å². The summed E-state index contributed by atoms with van der Waals surface area (Å²) in [6, 6.07) is 14.3. The largest absolute Gasteiger partial charge is 0.508 e. The first-order valence-corrected chi connectivity index (χ1v) is 12.7. The minimum atomic E-state index is -0.00918. The number of nitrogens with zero attached hydrogens (tertiary/aromatic N) is 1. The van der Waals surface area contributed by atoms with E-state index in [0.717, 1.165) is 56.6 Å². The van der Waals surface area contributed by atoms with Crippen LogP contribution in [0.4, 0.5) is 0 Å². The van der Waals surface area contributed by atoms with Gasteiger partial charge in [0.25, 0.3) is 0 Å². The van der Waals surface area contributed by atoms with Crippen LogP contribution in [-0.4, -0.2) is 41.7 Å². The van der Waals surface area contributed by atoms with Crippen molar-refractivity contribution in [1.82, 2.24) is 10.2 Å². The van der Waals surface area contributed by atoms with E-state index >= 15 is 0 Å². The molecule has 176 valence electrons. The van der Waals surface area contributed by atoms with Crippen LogP contribution in [0.5, 0.6) is 11.5 Å². The van der Waals surface area contributed by atoms with Crippen LogP contribution < -0.4 is 10.1 Å². The van der Waals surface area contributed by atoms with E-state index in [0.29, 0.717) is 18.6 Å². The normalized spacial score (nSPS) is 23.4. The van der Waals surface area contributed by atoms with Gasteiger partial charge in [0.15, 0.2) is 0 Å². The number of fused-ring (bicyclic) bond motifs is 1. The van der Waals surface area contributed by atoms with Gasteiger partial charge in [0.2, 0.25) is 5.91 Å². The Balaban J connectivity index is 1.24. The molecule has 0 spiro atoms. The summed E-state index contributed by atoms with van der Waals surface area (Å²) in [6.45, 7) is 3.11. The highest BCUT2D eigenvalue weighted by molar-refractivity contribution is 5.79. The monoisotopic (exact) mass is 448 g/mol. The first-order chi connectivity index (χ1) is 16.1. The van der Waals surface area contributed by atoms with E-state index in [2.05, 4.69) is 28.4 Å². The molecular formula is C28H36N2O3. The maximum atomic E-state index is 13.1. The van der Waals surface area contributed by atoms with Gasteiger partial charge in [-0.2, -0.15) is 0 Å². The Morgan fingerprint density at radius 3 is 2.61 bits per heavy atom. The molecule has 5 nitrogen and oxygen atoms in total. The highest BCUT2D eigenvalue weighted by atomic mass is 16.5. The van der Waals surface area contributed by atoms with Crippen molar-refractivity contribution in [2.24, 2.45) is 11.8 Å². The van der Waals surface area contributed by atoms with Crippen LogP contribution in [0.25, 0.3) is 0 Å². The zero-order chi connectivity index (χ0) is 22.6. The summed E-state index contributed by atoms with van der Waals surface area (Å²) in [7, 11) is 0. The van der Waals surface area contributed by atoms with Crippen molar-refractivity contribution in [2.75, 3.05) is 19.7 Å². The molecule has 0 unspecified atom stereocenters. The molecule has 2 aliphatic carbocycles. The molecule has 1 heterocycles. The number of aryl methyl sites for hydroxylation is 2. The summed E-state index contributed by atoms with van der Waals surface area (Å²) in [6.07, 6.45) is 9.11. The van der Waals surface area contributed by atoms with Gasteiger partial charge in [-0.05, 0) is 79.5 Å². The fourth-order valence-corrected chi connectivity index (χ4v) is 5.84. The average molecular weight is 449 g/mol. The fourth-order valence-electron chi connectivity index (χ4n) is 5.84. The van der Waals surface area contributed by atoms with Gasteiger partial charge in [0, 0.05) is 31.6 Å². The van der Waals surface area contributed by atoms with Crippen molar-refractivity contribution in [3.63, 3.8) is 0 Å². The average Bonchev–Trinajstić information content (AvgIpc) is 3.50. The molecule has 2 fully saturated rings. The predicted molar refractivity (Wildman–Crippen MR) is 129 cm³/mol. The van der Waals surface area contributed by atoms with E-state index in [4.69, 9.17) is 4.74 Å². The van der Waals surface area contributed by atoms with Crippen LogP contribution in [0.2, 0.25) is 0 Å². The molecule has 1 amide bonds. The highest BCUT2D eigenvalue weighted by Crippen LogP contribution is 2.29. The summed E-state index contributed by atoms with van der Waals surface area (Å²) < 4.78 is 6.26. The number of hydrogen-bond acceptors (Lipinski definition) is 4. The van der Waals surface area contributed by atoms with Crippen LogP contribution in [0.3, 0.4) is 0 Å². The van der Waals surface area contributed by atoms with Crippen LogP contribution in [0, 0.1) is 11.8 Å². The van der Waals surface area contributed by atoms with Gasteiger partial charge >= 0.3 is 0 Å². The third kappa shape index (κ3) is 5.70. The Morgan fingerprint density at radius 2 is 1.79 bits per heavy atom. The van der Waals surface area contributed by atoms with Crippen molar-refractivity contribution >= 4 is 5.91 Å². The number of ether oxygens (including phenoxy) is 1. The number of amides is 1. The summed E-state index contributed by atoms with van der Waals surface area (Å²) >= 11 is 0. The van der Waals surface area contributed by atoms with E-state index in [1.54, 1.807) is 12.1 Å². The van der Waals surface area contributed by atoms with E-state index in [-0.39, 0.29) is 17.6 Å². The smallest absolute Gasteiger partial charge is 0.224 e. The van der Waals surface area contributed by atoms with Gasteiger partial charge in [-0.15, -0.1) is 0 Å². The van der Waals surface area contributed by atoms with Crippen LogP contribution >= 0.6 is 0 Å². The molecule has 33 heavy (non-hydrogen) atoms. The molecule has 1 aliphatic heterocycles. The van der Waals surface area contributed by atoms with Crippen molar-refractivity contribution in [2.45, 2.75) is 64.0 Å². The van der Waals surface area contributed by atoms with Gasteiger partial charge in [0.05, 0.1) is 12.5 Å². The second kappa shape index (κ2) is 10.2. The number of phenols is 1. The molecule has 0 aromatic heterocycles. The lowest BCUT2D eigenvalue weighted by molar-refractivity contribution is -0.128. The molecule has 3 aliphatic rings. The Kier molecular flexibility index (Phi) is 6.86. The van der Waals surface area contributed by atoms with E-state index in [1.165, 1.54) is 36.8 Å². The molecule has 0 bridgehead atoms. The zero-order valence-corrected chi connectivity index (χ0v) is 19.5. The third-order valence-corrected chi connectivity index (χ3v) is 7.58. The number of carbonyl (C=O) groups is 1. The minimum absolute atomic E-state index is 0.00918. The number of carbonyl (C=O) groups excluding carboxylic acids is 1. The first-order valence-electron chi connectivity index (χ1n) is 12.7. The van der Waals surface area contributed by atoms with Gasteiger partial charge in [-0.25, -0.2) is 0 Å². The molecule has 1 saturated heterocycles. The van der Waals surface area contributed by atoms with E-state index in [9.17, 15) is 9.90 Å². The number of likely N-dealkylation sites (tertiary alicyclic amines) is 1. The Morgan fingerprint density at radius 1 is 1.00 bits per heavy atom. The number of hydrogen-bond donors (Lipinski definition) is 2. The SMILES string of the molecule is O=C(NC1CCCC1)[C@@H]1C[C@H](COc2ccc3c(c2)CCC3)CN(Cc2ccc(O)cc2)C1. The van der Waals surface area contributed by atoms with Gasteiger partial charge in [-0.1, -0.05) is 31.0 Å². The molecule has 5 heteroatoms.